The molecule has 0 bridgehead atoms. The number of benzene rings is 1. The van der Waals surface area contributed by atoms with Crippen LogP contribution in [0.3, 0.4) is 0 Å². The summed E-state index contributed by atoms with van der Waals surface area (Å²) in [5.74, 6) is 2.08. The van der Waals surface area contributed by atoms with Crippen LogP contribution < -0.4 is 4.74 Å². The van der Waals surface area contributed by atoms with Crippen LogP contribution in [0.2, 0.25) is 0 Å². The molecule has 0 unspecified atom stereocenters. The van der Waals surface area contributed by atoms with Gasteiger partial charge < -0.3 is 9.15 Å². The molecule has 166 valence electrons. The molecular weight excluding hydrogens is 440 g/mol. The molecule has 3 aromatic heterocycles. The van der Waals surface area contributed by atoms with Crippen LogP contribution in [0.4, 0.5) is 0 Å². The van der Waals surface area contributed by atoms with E-state index in [1.807, 2.05) is 48.5 Å². The predicted octanol–water partition coefficient (Wildman–Crippen LogP) is 3.94. The number of pyridine rings is 1. The second kappa shape index (κ2) is 9.29. The number of hydrogen-bond acceptors (Lipinski definition) is 8. The number of nitrogens with one attached hydrogen (secondary N) is 1. The molecule has 1 aliphatic heterocycles. The van der Waals surface area contributed by atoms with Crippen molar-refractivity contribution in [3.05, 3.63) is 78.5 Å². The van der Waals surface area contributed by atoms with Crippen molar-refractivity contribution in [2.45, 2.75) is 17.6 Å². The van der Waals surface area contributed by atoms with Crippen LogP contribution in [0.5, 0.6) is 5.75 Å². The summed E-state index contributed by atoms with van der Waals surface area (Å²) in [7, 11) is 1.63. The van der Waals surface area contributed by atoms with Crippen molar-refractivity contribution in [2.75, 3.05) is 12.9 Å². The highest BCUT2D eigenvalue weighted by atomic mass is 32.2. The Morgan fingerprint density at radius 3 is 2.73 bits per heavy atom. The van der Waals surface area contributed by atoms with Crippen molar-refractivity contribution in [2.24, 2.45) is 5.10 Å². The Morgan fingerprint density at radius 2 is 2.00 bits per heavy atom. The largest absolute Gasteiger partial charge is 0.497 e. The van der Waals surface area contributed by atoms with Crippen LogP contribution in [0.15, 0.2) is 81.9 Å². The van der Waals surface area contributed by atoms with Crippen molar-refractivity contribution in [1.82, 2.24) is 25.2 Å². The predicted molar refractivity (Wildman–Crippen MR) is 123 cm³/mol. The van der Waals surface area contributed by atoms with Crippen LogP contribution in [-0.4, -0.2) is 49.7 Å². The number of rotatable bonds is 7. The second-order valence-corrected chi connectivity index (χ2v) is 8.18. The highest BCUT2D eigenvalue weighted by Gasteiger charge is 2.34. The second-order valence-electron chi connectivity index (χ2n) is 7.24. The molecule has 4 aromatic rings. The van der Waals surface area contributed by atoms with E-state index in [2.05, 4.69) is 25.3 Å². The van der Waals surface area contributed by atoms with Crippen LogP contribution in [0.25, 0.3) is 11.4 Å². The molecule has 33 heavy (non-hydrogen) atoms. The number of methoxy groups -OCH3 is 1. The molecule has 0 radical (unpaired) electrons. The van der Waals surface area contributed by atoms with Crippen molar-refractivity contribution in [3.8, 4) is 17.1 Å². The van der Waals surface area contributed by atoms with Crippen molar-refractivity contribution < 1.29 is 13.9 Å². The van der Waals surface area contributed by atoms with Gasteiger partial charge in [-0.2, -0.15) is 5.10 Å². The van der Waals surface area contributed by atoms with Gasteiger partial charge in [-0.15, -0.1) is 5.10 Å². The molecule has 0 spiro atoms. The van der Waals surface area contributed by atoms with Crippen LogP contribution in [0, 0.1) is 0 Å². The van der Waals surface area contributed by atoms with Gasteiger partial charge >= 0.3 is 0 Å². The first-order valence-corrected chi connectivity index (χ1v) is 11.2. The highest BCUT2D eigenvalue weighted by Crippen LogP contribution is 2.34. The van der Waals surface area contributed by atoms with E-state index in [1.165, 1.54) is 16.8 Å². The Hall–Kier alpha value is -3.92. The fourth-order valence-electron chi connectivity index (χ4n) is 3.54. The third-order valence-electron chi connectivity index (χ3n) is 5.20. The molecule has 1 aliphatic rings. The minimum Gasteiger partial charge on any atom is -0.497 e. The van der Waals surface area contributed by atoms with E-state index in [9.17, 15) is 4.79 Å². The maximum absolute atomic E-state index is 13.1. The minimum absolute atomic E-state index is 0.143. The highest BCUT2D eigenvalue weighted by molar-refractivity contribution is 7.99. The molecule has 1 aromatic carbocycles. The third kappa shape index (κ3) is 4.51. The molecule has 1 N–H and O–H groups in total. The Balaban J connectivity index is 1.32. The molecule has 0 fully saturated rings. The number of amides is 1. The van der Waals surface area contributed by atoms with Crippen LogP contribution in [-0.2, 0) is 4.79 Å². The number of ether oxygens (including phenoxy) is 1. The average Bonchev–Trinajstić information content (AvgIpc) is 3.64. The van der Waals surface area contributed by atoms with E-state index in [0.717, 1.165) is 22.6 Å². The van der Waals surface area contributed by atoms with E-state index in [1.54, 1.807) is 25.8 Å². The Bertz CT molecular complexity index is 1260. The zero-order chi connectivity index (χ0) is 22.6. The van der Waals surface area contributed by atoms with Crippen LogP contribution in [0.1, 0.15) is 23.8 Å². The summed E-state index contributed by atoms with van der Waals surface area (Å²) in [6, 6.07) is 14.7. The molecule has 9 nitrogen and oxygen atoms in total. The summed E-state index contributed by atoms with van der Waals surface area (Å²) >= 11 is 1.26. The lowest BCUT2D eigenvalue weighted by molar-refractivity contribution is -0.130. The Morgan fingerprint density at radius 1 is 1.18 bits per heavy atom. The number of thioether (sulfide) groups is 1. The number of hydrazone groups is 1. The maximum Gasteiger partial charge on any atom is 0.253 e. The normalized spacial score (nSPS) is 15.5. The molecule has 0 saturated carbocycles. The molecule has 0 saturated heterocycles. The summed E-state index contributed by atoms with van der Waals surface area (Å²) in [6.45, 7) is 0. The van der Waals surface area contributed by atoms with Crippen LogP contribution >= 0.6 is 11.8 Å². The SMILES string of the molecule is COc1ccc(C2=NN(C(=O)CSc3n[nH]c(-c4ccncc4)n3)[C@@H](c3ccco3)C2)cc1. The summed E-state index contributed by atoms with van der Waals surface area (Å²) in [4.78, 5) is 21.6. The van der Waals surface area contributed by atoms with Gasteiger partial charge in [0.1, 0.15) is 17.6 Å². The third-order valence-corrected chi connectivity index (χ3v) is 6.04. The first kappa shape index (κ1) is 21.0. The lowest BCUT2D eigenvalue weighted by Crippen LogP contribution is -2.28. The lowest BCUT2D eigenvalue weighted by Gasteiger charge is -2.19. The molecule has 5 rings (SSSR count). The Kier molecular flexibility index (Phi) is 5.90. The molecule has 1 atom stereocenters. The molecule has 4 heterocycles. The molecule has 1 amide bonds. The fraction of sp³-hybridized carbons (Fsp3) is 0.174. The van der Waals surface area contributed by atoms with E-state index < -0.39 is 0 Å². The minimum atomic E-state index is -0.301. The average molecular weight is 461 g/mol. The molecule has 0 aliphatic carbocycles. The van der Waals surface area contributed by atoms with E-state index in [4.69, 9.17) is 9.15 Å². The van der Waals surface area contributed by atoms with Gasteiger partial charge in [0.25, 0.3) is 5.91 Å². The summed E-state index contributed by atoms with van der Waals surface area (Å²) in [5, 5.41) is 13.7. The standard InChI is InChI=1S/C23H20N6O3S/c1-31-17-6-4-15(5-7-17)18-13-19(20-3-2-12-32-20)29(28-18)21(30)14-33-23-25-22(26-27-23)16-8-10-24-11-9-16/h2-12,19H,13-14H2,1H3,(H,25,26,27)/t19-/m1/s1. The van der Waals surface area contributed by atoms with Gasteiger partial charge in [0, 0.05) is 24.4 Å². The van der Waals surface area contributed by atoms with Gasteiger partial charge in [0.05, 0.1) is 24.8 Å². The number of nitrogens with zero attached hydrogens (tertiary/aromatic N) is 5. The summed E-state index contributed by atoms with van der Waals surface area (Å²) in [5.41, 5.74) is 2.63. The van der Waals surface area contributed by atoms with Crippen molar-refractivity contribution in [3.63, 3.8) is 0 Å². The molecular formula is C23H20N6O3S. The zero-order valence-corrected chi connectivity index (χ0v) is 18.5. The number of aromatic amines is 1. The first-order chi connectivity index (χ1) is 16.2. The van der Waals surface area contributed by atoms with E-state index in [0.29, 0.717) is 23.2 Å². The monoisotopic (exact) mass is 460 g/mol. The number of hydrogen-bond donors (Lipinski definition) is 1. The number of aromatic nitrogens is 4. The van der Waals surface area contributed by atoms with Gasteiger partial charge in [0.2, 0.25) is 5.16 Å². The van der Waals surface area contributed by atoms with Gasteiger partial charge in [-0.3, -0.25) is 14.9 Å². The number of carbonyl (C=O) groups is 1. The Labute approximate surface area is 193 Å². The number of furan rings is 1. The summed E-state index contributed by atoms with van der Waals surface area (Å²) in [6.07, 6.45) is 5.54. The first-order valence-electron chi connectivity index (χ1n) is 10.2. The van der Waals surface area contributed by atoms with Crippen molar-refractivity contribution >= 4 is 23.4 Å². The van der Waals surface area contributed by atoms with E-state index >= 15 is 0 Å². The summed E-state index contributed by atoms with van der Waals surface area (Å²) < 4.78 is 10.8. The van der Waals surface area contributed by atoms with Gasteiger partial charge in [-0.05, 0) is 54.1 Å². The number of carbonyl (C=O) groups excluding carboxylic acids is 1. The lowest BCUT2D eigenvalue weighted by atomic mass is 10.0. The smallest absolute Gasteiger partial charge is 0.253 e. The maximum atomic E-state index is 13.1. The number of H-pyrrole nitrogens is 1. The fourth-order valence-corrected chi connectivity index (χ4v) is 4.19. The van der Waals surface area contributed by atoms with Gasteiger partial charge in [0.15, 0.2) is 5.82 Å². The molecule has 10 heteroatoms. The topological polar surface area (TPSA) is 110 Å². The zero-order valence-electron chi connectivity index (χ0n) is 17.7. The van der Waals surface area contributed by atoms with E-state index in [-0.39, 0.29) is 17.7 Å². The van der Waals surface area contributed by atoms with Gasteiger partial charge in [-0.25, -0.2) is 9.99 Å². The van der Waals surface area contributed by atoms with Gasteiger partial charge in [-0.1, -0.05) is 11.8 Å². The van der Waals surface area contributed by atoms with Crippen molar-refractivity contribution in [1.29, 1.82) is 0 Å². The quantitative estimate of drug-likeness (QED) is 0.416.